The minimum absolute atomic E-state index is 0.0580. The number of hydrogen-bond acceptors (Lipinski definition) is 5. The average molecular weight is 490 g/mol. The van der Waals surface area contributed by atoms with E-state index in [-0.39, 0.29) is 36.1 Å². The second-order valence-electron chi connectivity index (χ2n) is 8.95. The number of halogens is 3. The lowest BCUT2D eigenvalue weighted by molar-refractivity contribution is -0.274. The fourth-order valence-corrected chi connectivity index (χ4v) is 4.94. The van der Waals surface area contributed by atoms with Gasteiger partial charge in [-0.1, -0.05) is 24.3 Å². The molecule has 3 aliphatic heterocycles. The number of alkyl halides is 3. The third kappa shape index (κ3) is 5.07. The van der Waals surface area contributed by atoms with Gasteiger partial charge < -0.3 is 24.0 Å². The van der Waals surface area contributed by atoms with Crippen molar-refractivity contribution in [3.8, 4) is 11.5 Å². The molecule has 2 unspecified atom stereocenters. The van der Waals surface area contributed by atoms with Crippen LogP contribution in [0.25, 0.3) is 0 Å². The van der Waals surface area contributed by atoms with E-state index < -0.39 is 12.4 Å². The first-order valence-corrected chi connectivity index (χ1v) is 11.6. The second kappa shape index (κ2) is 9.41. The molecule has 0 radical (unpaired) electrons. The second-order valence-corrected chi connectivity index (χ2v) is 8.95. The van der Waals surface area contributed by atoms with Crippen molar-refractivity contribution >= 4 is 17.5 Å². The van der Waals surface area contributed by atoms with Crippen LogP contribution >= 0.6 is 0 Å². The van der Waals surface area contributed by atoms with E-state index in [2.05, 4.69) is 4.74 Å². The van der Waals surface area contributed by atoms with E-state index in [9.17, 15) is 22.8 Å². The minimum atomic E-state index is -4.78. The van der Waals surface area contributed by atoms with Gasteiger partial charge in [0.1, 0.15) is 23.6 Å². The first-order chi connectivity index (χ1) is 16.8. The summed E-state index contributed by atoms with van der Waals surface area (Å²) >= 11 is 0. The van der Waals surface area contributed by atoms with Crippen molar-refractivity contribution in [2.24, 2.45) is 5.92 Å². The smallest absolute Gasteiger partial charge is 0.486 e. The molecule has 2 amide bonds. The number of carbonyl (C=O) groups is 2. The van der Waals surface area contributed by atoms with Gasteiger partial charge in [-0.2, -0.15) is 0 Å². The summed E-state index contributed by atoms with van der Waals surface area (Å²) in [6.07, 6.45) is -3.45. The monoisotopic (exact) mass is 490 g/mol. The topological polar surface area (TPSA) is 68.3 Å². The predicted molar refractivity (Wildman–Crippen MR) is 119 cm³/mol. The minimum Gasteiger partial charge on any atom is -0.486 e. The summed E-state index contributed by atoms with van der Waals surface area (Å²) in [5, 5.41) is 0. The van der Waals surface area contributed by atoms with E-state index in [0.29, 0.717) is 56.0 Å². The fourth-order valence-electron chi connectivity index (χ4n) is 4.94. The number of hydrogen-bond donors (Lipinski definition) is 0. The summed E-state index contributed by atoms with van der Waals surface area (Å²) in [4.78, 5) is 30.4. The molecule has 2 bridgehead atoms. The van der Waals surface area contributed by atoms with Crippen molar-refractivity contribution in [2.75, 3.05) is 24.7 Å². The summed E-state index contributed by atoms with van der Waals surface area (Å²) in [6, 6.07) is 11.9. The highest BCUT2D eigenvalue weighted by molar-refractivity contribution is 6.01. The number of nitrogens with zero attached hydrogens (tertiary/aromatic N) is 2. The standard InChI is InChI=1S/C25H25F3N2O5/c26-25(27,28)35-18-7-5-16(6-8-18)14-29-20-3-1-2-4-22(20)34-19-13-21(24(29)32)30(15-19)23(31)17-9-11-33-12-10-17/h1-8,17,19,21H,9-15H2. The van der Waals surface area contributed by atoms with Crippen molar-refractivity contribution in [3.63, 3.8) is 0 Å². The van der Waals surface area contributed by atoms with E-state index in [1.54, 1.807) is 28.0 Å². The Balaban J connectivity index is 1.42. The third-order valence-corrected chi connectivity index (χ3v) is 6.61. The highest BCUT2D eigenvalue weighted by atomic mass is 19.4. The van der Waals surface area contributed by atoms with Gasteiger partial charge >= 0.3 is 6.36 Å². The van der Waals surface area contributed by atoms with Gasteiger partial charge in [0.2, 0.25) is 11.8 Å². The van der Waals surface area contributed by atoms with Crippen LogP contribution in [-0.4, -0.2) is 55.0 Å². The molecule has 186 valence electrons. The van der Waals surface area contributed by atoms with Gasteiger partial charge in [-0.15, -0.1) is 13.2 Å². The van der Waals surface area contributed by atoms with Gasteiger partial charge in [0.25, 0.3) is 0 Å². The van der Waals surface area contributed by atoms with Gasteiger partial charge in [0.05, 0.1) is 18.8 Å². The lowest BCUT2D eigenvalue weighted by Gasteiger charge is -2.33. The van der Waals surface area contributed by atoms with E-state index in [4.69, 9.17) is 9.47 Å². The molecule has 7 nitrogen and oxygen atoms in total. The summed E-state index contributed by atoms with van der Waals surface area (Å²) in [5.74, 6) is -0.287. The van der Waals surface area contributed by atoms with Gasteiger partial charge in [-0.05, 0) is 42.7 Å². The lowest BCUT2D eigenvalue weighted by atomic mass is 9.98. The zero-order valence-corrected chi connectivity index (χ0v) is 18.9. The number of para-hydroxylation sites is 2. The molecule has 0 aliphatic carbocycles. The molecule has 5 rings (SSSR count). The number of carbonyl (C=O) groups excluding carboxylic acids is 2. The van der Waals surface area contributed by atoms with Crippen LogP contribution in [0.4, 0.5) is 18.9 Å². The van der Waals surface area contributed by atoms with Crippen LogP contribution in [0.3, 0.4) is 0 Å². The Morgan fingerprint density at radius 1 is 1.06 bits per heavy atom. The molecule has 3 heterocycles. The quantitative estimate of drug-likeness (QED) is 0.650. The van der Waals surface area contributed by atoms with Crippen LogP contribution in [0.15, 0.2) is 48.5 Å². The number of benzene rings is 2. The maximum absolute atomic E-state index is 13.9. The first-order valence-electron chi connectivity index (χ1n) is 11.6. The fraction of sp³-hybridized carbons (Fsp3) is 0.440. The van der Waals surface area contributed by atoms with Crippen LogP contribution in [0.1, 0.15) is 24.8 Å². The van der Waals surface area contributed by atoms with Crippen molar-refractivity contribution in [2.45, 2.75) is 44.3 Å². The van der Waals surface area contributed by atoms with Crippen LogP contribution in [0, 0.1) is 5.92 Å². The first kappa shape index (κ1) is 23.5. The molecule has 35 heavy (non-hydrogen) atoms. The SMILES string of the molecule is O=C1C2CC(CN2C(=O)C2CCOCC2)Oc2ccccc2N1Cc1ccc(OC(F)(F)F)cc1. The molecular weight excluding hydrogens is 465 g/mol. The Hall–Kier alpha value is -3.27. The number of fused-ring (bicyclic) bond motifs is 3. The van der Waals surface area contributed by atoms with Crippen molar-refractivity contribution in [1.29, 1.82) is 0 Å². The Labute approximate surface area is 200 Å². The molecule has 2 fully saturated rings. The van der Waals surface area contributed by atoms with Gasteiger partial charge in [0, 0.05) is 25.6 Å². The molecule has 0 saturated carbocycles. The molecule has 2 aromatic carbocycles. The molecule has 0 spiro atoms. The Morgan fingerprint density at radius 3 is 2.49 bits per heavy atom. The maximum Gasteiger partial charge on any atom is 0.573 e. The Morgan fingerprint density at radius 2 is 1.77 bits per heavy atom. The zero-order chi connectivity index (χ0) is 24.6. The molecular formula is C25H25F3N2O5. The maximum atomic E-state index is 13.9. The highest BCUT2D eigenvalue weighted by Crippen LogP contribution is 2.38. The van der Waals surface area contributed by atoms with Gasteiger partial charge in [0.15, 0.2) is 0 Å². The third-order valence-electron chi connectivity index (χ3n) is 6.61. The molecule has 2 aromatic rings. The van der Waals surface area contributed by atoms with Crippen LogP contribution < -0.4 is 14.4 Å². The normalized spacial score (nSPS) is 22.8. The number of rotatable bonds is 4. The predicted octanol–water partition coefficient (Wildman–Crippen LogP) is 3.91. The van der Waals surface area contributed by atoms with Crippen LogP contribution in [-0.2, 0) is 20.9 Å². The summed E-state index contributed by atoms with van der Waals surface area (Å²) < 4.78 is 53.1. The summed E-state index contributed by atoms with van der Waals surface area (Å²) in [7, 11) is 0. The molecule has 10 heteroatoms. The van der Waals surface area contributed by atoms with Gasteiger partial charge in [-0.25, -0.2) is 0 Å². The highest BCUT2D eigenvalue weighted by Gasteiger charge is 2.46. The molecule has 2 atom stereocenters. The van der Waals surface area contributed by atoms with Crippen molar-refractivity contribution < 1.29 is 37.0 Å². The lowest BCUT2D eigenvalue weighted by Crippen LogP contribution is -2.49. The van der Waals surface area contributed by atoms with Crippen molar-refractivity contribution in [3.05, 3.63) is 54.1 Å². The van der Waals surface area contributed by atoms with Crippen LogP contribution in [0.5, 0.6) is 11.5 Å². The summed E-state index contributed by atoms with van der Waals surface area (Å²) in [5.41, 5.74) is 1.17. The van der Waals surface area contributed by atoms with Crippen LogP contribution in [0.2, 0.25) is 0 Å². The molecule has 0 N–H and O–H groups in total. The molecule has 0 aromatic heterocycles. The largest absolute Gasteiger partial charge is 0.573 e. The van der Waals surface area contributed by atoms with Gasteiger partial charge in [-0.3, -0.25) is 9.59 Å². The molecule has 2 saturated heterocycles. The van der Waals surface area contributed by atoms with E-state index in [1.165, 1.54) is 24.3 Å². The Bertz CT molecular complexity index is 1090. The average Bonchev–Trinajstić information content (AvgIpc) is 3.27. The van der Waals surface area contributed by atoms with E-state index in [0.717, 1.165) is 0 Å². The molecule has 3 aliphatic rings. The number of amides is 2. The summed E-state index contributed by atoms with van der Waals surface area (Å²) in [6.45, 7) is 1.48. The number of anilines is 1. The van der Waals surface area contributed by atoms with Crippen molar-refractivity contribution in [1.82, 2.24) is 4.90 Å². The number of likely N-dealkylation sites (tertiary alicyclic amines) is 1. The van der Waals surface area contributed by atoms with E-state index in [1.807, 2.05) is 6.07 Å². The zero-order valence-electron chi connectivity index (χ0n) is 18.9. The number of ether oxygens (including phenoxy) is 3. The van der Waals surface area contributed by atoms with E-state index >= 15 is 0 Å². The Kier molecular flexibility index (Phi) is 6.31.